The van der Waals surface area contributed by atoms with Gasteiger partial charge in [0.15, 0.2) is 11.0 Å². The van der Waals surface area contributed by atoms with Gasteiger partial charge < -0.3 is 10.2 Å². The molecule has 0 spiro atoms. The van der Waals surface area contributed by atoms with E-state index in [-0.39, 0.29) is 29.6 Å². The molecule has 1 aliphatic heterocycles. The summed E-state index contributed by atoms with van der Waals surface area (Å²) in [4.78, 5) is 32.3. The van der Waals surface area contributed by atoms with Crippen LogP contribution in [0.3, 0.4) is 0 Å². The van der Waals surface area contributed by atoms with Crippen molar-refractivity contribution < 1.29 is 19.8 Å². The number of benzene rings is 3. The summed E-state index contributed by atoms with van der Waals surface area (Å²) in [6.45, 7) is 3.94. The third kappa shape index (κ3) is 4.53. The Hall–Kier alpha value is -3.58. The van der Waals surface area contributed by atoms with Gasteiger partial charge in [0.25, 0.3) is 0 Å². The maximum Gasteiger partial charge on any atom is 0.247 e. The highest BCUT2D eigenvalue weighted by Crippen LogP contribution is 2.36. The molecule has 1 heterocycles. The highest BCUT2D eigenvalue weighted by Gasteiger charge is 2.40. The number of carbonyl (C=O) groups is 2. The van der Waals surface area contributed by atoms with E-state index in [0.29, 0.717) is 22.1 Å². The Morgan fingerprint density at radius 1 is 0.938 bits per heavy atom. The second-order valence-electron chi connectivity index (χ2n) is 7.63. The van der Waals surface area contributed by atoms with Gasteiger partial charge in [0.2, 0.25) is 5.91 Å². The lowest BCUT2D eigenvalue weighted by Gasteiger charge is -2.16. The van der Waals surface area contributed by atoms with Crippen molar-refractivity contribution in [1.29, 1.82) is 0 Å². The van der Waals surface area contributed by atoms with Crippen LogP contribution in [0.2, 0.25) is 0 Å². The van der Waals surface area contributed by atoms with Crippen molar-refractivity contribution in [3.63, 3.8) is 0 Å². The standard InChI is InChI=1S/C25H22N2O4S/c1-15-3-4-17(13-16(15)2)22(30)14-23-24(31)27(19-7-11-21(29)12-8-19)25(32-23)26-18-5-9-20(28)10-6-18/h3-13,23,28-29H,14H2,1-2H3. The molecule has 0 bridgehead atoms. The van der Waals surface area contributed by atoms with Gasteiger partial charge in [-0.3, -0.25) is 14.5 Å². The molecular weight excluding hydrogens is 424 g/mol. The Labute approximate surface area is 190 Å². The fourth-order valence-electron chi connectivity index (χ4n) is 3.35. The van der Waals surface area contributed by atoms with Crippen LogP contribution in [-0.2, 0) is 4.79 Å². The molecule has 1 saturated heterocycles. The number of hydrogen-bond acceptors (Lipinski definition) is 6. The number of anilines is 1. The Morgan fingerprint density at radius 3 is 2.19 bits per heavy atom. The zero-order chi connectivity index (χ0) is 22.8. The number of amides is 1. The lowest BCUT2D eigenvalue weighted by Crippen LogP contribution is -2.32. The average Bonchev–Trinajstić information content (AvgIpc) is 3.07. The molecule has 1 amide bonds. The number of rotatable bonds is 5. The minimum atomic E-state index is -0.617. The van der Waals surface area contributed by atoms with Gasteiger partial charge in [0.1, 0.15) is 11.5 Å². The SMILES string of the molecule is Cc1ccc(C(=O)CC2SC(=Nc3ccc(O)cc3)N(c3ccc(O)cc3)C2=O)cc1C. The zero-order valence-corrected chi connectivity index (χ0v) is 18.5. The molecule has 1 atom stereocenters. The quantitative estimate of drug-likeness (QED) is 0.531. The number of carbonyl (C=O) groups excluding carboxylic acids is 2. The molecule has 1 aliphatic rings. The molecule has 0 saturated carbocycles. The van der Waals surface area contributed by atoms with Crippen LogP contribution >= 0.6 is 11.8 Å². The summed E-state index contributed by atoms with van der Waals surface area (Å²) < 4.78 is 0. The minimum Gasteiger partial charge on any atom is -0.508 e. The molecule has 0 radical (unpaired) electrons. The van der Waals surface area contributed by atoms with Crippen molar-refractivity contribution in [2.24, 2.45) is 4.99 Å². The Bertz CT molecular complexity index is 1200. The zero-order valence-electron chi connectivity index (χ0n) is 17.6. The fourth-order valence-corrected chi connectivity index (χ4v) is 4.51. The van der Waals surface area contributed by atoms with Gasteiger partial charge in [-0.15, -0.1) is 0 Å². The van der Waals surface area contributed by atoms with E-state index in [1.807, 2.05) is 26.0 Å². The van der Waals surface area contributed by atoms with Gasteiger partial charge in [-0.05, 0) is 79.6 Å². The Morgan fingerprint density at radius 2 is 1.56 bits per heavy atom. The summed E-state index contributed by atoms with van der Waals surface area (Å²) >= 11 is 1.24. The molecule has 0 aromatic heterocycles. The second kappa shape index (κ2) is 8.88. The molecule has 6 nitrogen and oxygen atoms in total. The number of phenols is 2. The summed E-state index contributed by atoms with van der Waals surface area (Å²) in [5.41, 5.74) is 3.85. The molecule has 4 rings (SSSR count). The normalized spacial score (nSPS) is 17.2. The highest BCUT2D eigenvalue weighted by atomic mass is 32.2. The summed E-state index contributed by atoms with van der Waals surface area (Å²) in [5, 5.41) is 19.0. The molecule has 1 fully saturated rings. The summed E-state index contributed by atoms with van der Waals surface area (Å²) in [5.74, 6) is -0.131. The summed E-state index contributed by atoms with van der Waals surface area (Å²) in [7, 11) is 0. The summed E-state index contributed by atoms with van der Waals surface area (Å²) in [6.07, 6.45) is 0.0508. The van der Waals surface area contributed by atoms with E-state index in [2.05, 4.69) is 4.99 Å². The largest absolute Gasteiger partial charge is 0.508 e. The first-order valence-corrected chi connectivity index (χ1v) is 11.0. The number of amidine groups is 1. The predicted molar refractivity (Wildman–Crippen MR) is 127 cm³/mol. The first-order chi connectivity index (χ1) is 15.3. The van der Waals surface area contributed by atoms with E-state index in [9.17, 15) is 19.8 Å². The van der Waals surface area contributed by atoms with Crippen LogP contribution in [0, 0.1) is 13.8 Å². The molecule has 7 heteroatoms. The third-order valence-electron chi connectivity index (χ3n) is 5.32. The molecule has 0 aliphatic carbocycles. The number of aliphatic imine (C=N–C) groups is 1. The van der Waals surface area contributed by atoms with Crippen LogP contribution in [0.5, 0.6) is 11.5 Å². The van der Waals surface area contributed by atoms with E-state index in [4.69, 9.17) is 0 Å². The lowest BCUT2D eigenvalue weighted by atomic mass is 10.0. The molecular formula is C25H22N2O4S. The first-order valence-electron chi connectivity index (χ1n) is 10.1. The first kappa shape index (κ1) is 21.6. The number of nitrogens with zero attached hydrogens (tertiary/aromatic N) is 2. The van der Waals surface area contributed by atoms with E-state index >= 15 is 0 Å². The van der Waals surface area contributed by atoms with E-state index in [0.717, 1.165) is 11.1 Å². The predicted octanol–water partition coefficient (Wildman–Crippen LogP) is 5.12. The van der Waals surface area contributed by atoms with Crippen molar-refractivity contribution in [1.82, 2.24) is 0 Å². The van der Waals surface area contributed by atoms with Crippen molar-refractivity contribution >= 4 is 40.0 Å². The Kier molecular flexibility index (Phi) is 6.01. The van der Waals surface area contributed by atoms with E-state index in [1.54, 1.807) is 30.3 Å². The van der Waals surface area contributed by atoms with Gasteiger partial charge >= 0.3 is 0 Å². The van der Waals surface area contributed by atoms with Gasteiger partial charge in [0.05, 0.1) is 16.6 Å². The molecule has 3 aromatic carbocycles. The molecule has 3 aromatic rings. The van der Waals surface area contributed by atoms with Crippen molar-refractivity contribution in [2.75, 3.05) is 4.90 Å². The van der Waals surface area contributed by atoms with Crippen LogP contribution in [0.1, 0.15) is 27.9 Å². The number of aryl methyl sites for hydroxylation is 2. The maximum atomic E-state index is 13.3. The molecule has 1 unspecified atom stereocenters. The van der Waals surface area contributed by atoms with Crippen molar-refractivity contribution in [3.05, 3.63) is 83.4 Å². The Balaban J connectivity index is 1.65. The number of phenolic OH excluding ortho intramolecular Hbond substituents is 2. The van der Waals surface area contributed by atoms with Crippen molar-refractivity contribution in [2.45, 2.75) is 25.5 Å². The van der Waals surface area contributed by atoms with E-state index < -0.39 is 5.25 Å². The monoisotopic (exact) mass is 446 g/mol. The maximum absolute atomic E-state index is 13.3. The lowest BCUT2D eigenvalue weighted by molar-refractivity contribution is -0.116. The summed E-state index contributed by atoms with van der Waals surface area (Å²) in [6, 6.07) is 18.2. The number of aromatic hydroxyl groups is 2. The van der Waals surface area contributed by atoms with Gasteiger partial charge in [-0.1, -0.05) is 23.9 Å². The van der Waals surface area contributed by atoms with Crippen LogP contribution < -0.4 is 4.90 Å². The fraction of sp³-hybridized carbons (Fsp3) is 0.160. The molecule has 32 heavy (non-hydrogen) atoms. The number of ketones is 1. The highest BCUT2D eigenvalue weighted by molar-refractivity contribution is 8.16. The van der Waals surface area contributed by atoms with Crippen LogP contribution in [0.4, 0.5) is 11.4 Å². The number of thioether (sulfide) groups is 1. The second-order valence-corrected chi connectivity index (χ2v) is 8.80. The van der Waals surface area contributed by atoms with E-state index in [1.165, 1.54) is 40.9 Å². The van der Waals surface area contributed by atoms with Crippen LogP contribution in [-0.4, -0.2) is 32.3 Å². The topological polar surface area (TPSA) is 90.2 Å². The number of Topliss-reactive ketones (excluding diaryl/α,β-unsaturated/α-hetero) is 1. The molecule has 2 N–H and O–H groups in total. The number of hydrogen-bond donors (Lipinski definition) is 2. The molecule has 162 valence electrons. The smallest absolute Gasteiger partial charge is 0.247 e. The van der Waals surface area contributed by atoms with Crippen molar-refractivity contribution in [3.8, 4) is 11.5 Å². The van der Waals surface area contributed by atoms with Crippen LogP contribution in [0.25, 0.3) is 0 Å². The third-order valence-corrected chi connectivity index (χ3v) is 6.45. The van der Waals surface area contributed by atoms with Crippen LogP contribution in [0.15, 0.2) is 71.7 Å². The minimum absolute atomic E-state index is 0.0508. The van der Waals surface area contributed by atoms with Gasteiger partial charge in [-0.2, -0.15) is 0 Å². The van der Waals surface area contributed by atoms with Gasteiger partial charge in [-0.25, -0.2) is 4.99 Å². The van der Waals surface area contributed by atoms with Gasteiger partial charge in [0, 0.05) is 12.0 Å². The average molecular weight is 447 g/mol.